The standard InChI is InChI=1S/C17H21N3O2/c1-12-6-8-18-10-14(12)19-17(22)11-20-9-7-16(21)13-4-2-3-5-15(13)20/h2-5,7,9,12,14,18H,6,8,10-11H2,1H3,(H,19,22). The van der Waals surface area contributed by atoms with Gasteiger partial charge < -0.3 is 15.2 Å². The molecular formula is C17H21N3O2. The van der Waals surface area contributed by atoms with E-state index in [1.165, 1.54) is 6.07 Å². The van der Waals surface area contributed by atoms with Gasteiger partial charge in [-0.15, -0.1) is 0 Å². The number of carbonyl (C=O) groups excluding carboxylic acids is 1. The number of nitrogens with one attached hydrogen (secondary N) is 2. The van der Waals surface area contributed by atoms with Crippen molar-refractivity contribution in [3.05, 3.63) is 46.8 Å². The van der Waals surface area contributed by atoms with Crippen molar-refractivity contribution in [2.24, 2.45) is 5.92 Å². The molecule has 3 rings (SSSR count). The largest absolute Gasteiger partial charge is 0.350 e. The van der Waals surface area contributed by atoms with Crippen molar-refractivity contribution in [2.45, 2.75) is 25.9 Å². The van der Waals surface area contributed by atoms with Gasteiger partial charge in [-0.05, 0) is 31.0 Å². The summed E-state index contributed by atoms with van der Waals surface area (Å²) in [6.07, 6.45) is 2.76. The average Bonchev–Trinajstić information content (AvgIpc) is 2.53. The molecule has 0 aliphatic carbocycles. The number of hydrogen-bond acceptors (Lipinski definition) is 3. The van der Waals surface area contributed by atoms with E-state index in [1.807, 2.05) is 22.8 Å². The van der Waals surface area contributed by atoms with Gasteiger partial charge in [0.15, 0.2) is 5.43 Å². The second-order valence-electron chi connectivity index (χ2n) is 5.97. The Morgan fingerprint density at radius 1 is 1.36 bits per heavy atom. The lowest BCUT2D eigenvalue weighted by molar-refractivity contribution is -0.122. The fraction of sp³-hybridized carbons (Fsp3) is 0.412. The molecule has 5 nitrogen and oxygen atoms in total. The number of rotatable bonds is 3. The number of benzene rings is 1. The van der Waals surface area contributed by atoms with Gasteiger partial charge in [0, 0.05) is 30.2 Å². The van der Waals surface area contributed by atoms with Crippen LogP contribution in [0.2, 0.25) is 0 Å². The average molecular weight is 299 g/mol. The summed E-state index contributed by atoms with van der Waals surface area (Å²) < 4.78 is 1.83. The maximum absolute atomic E-state index is 12.3. The molecule has 1 amide bonds. The second-order valence-corrected chi connectivity index (χ2v) is 5.97. The van der Waals surface area contributed by atoms with Crippen LogP contribution in [0.4, 0.5) is 0 Å². The van der Waals surface area contributed by atoms with Crippen LogP contribution < -0.4 is 16.1 Å². The number of nitrogens with zero attached hydrogens (tertiary/aromatic N) is 1. The summed E-state index contributed by atoms with van der Waals surface area (Å²) in [6, 6.07) is 9.06. The quantitative estimate of drug-likeness (QED) is 0.892. The van der Waals surface area contributed by atoms with E-state index in [1.54, 1.807) is 12.3 Å². The summed E-state index contributed by atoms with van der Waals surface area (Å²) in [6.45, 7) is 4.22. The highest BCUT2D eigenvalue weighted by atomic mass is 16.2. The number of hydrogen-bond donors (Lipinski definition) is 2. The molecule has 1 aliphatic rings. The van der Waals surface area contributed by atoms with Gasteiger partial charge >= 0.3 is 0 Å². The molecule has 0 saturated carbocycles. The minimum atomic E-state index is -0.0191. The zero-order chi connectivity index (χ0) is 15.5. The van der Waals surface area contributed by atoms with E-state index in [0.717, 1.165) is 25.0 Å². The van der Waals surface area contributed by atoms with Crippen LogP contribution in [0.15, 0.2) is 41.3 Å². The third kappa shape index (κ3) is 3.04. The van der Waals surface area contributed by atoms with Crippen LogP contribution in [0.1, 0.15) is 13.3 Å². The zero-order valence-corrected chi connectivity index (χ0v) is 12.7. The van der Waals surface area contributed by atoms with Gasteiger partial charge in [0.1, 0.15) is 6.54 Å². The molecule has 1 aromatic carbocycles. The number of fused-ring (bicyclic) bond motifs is 1. The highest BCUT2D eigenvalue weighted by molar-refractivity contribution is 5.82. The summed E-state index contributed by atoms with van der Waals surface area (Å²) in [5.41, 5.74) is 0.775. The maximum Gasteiger partial charge on any atom is 0.240 e. The Labute approximate surface area is 129 Å². The molecule has 2 heterocycles. The van der Waals surface area contributed by atoms with Gasteiger partial charge in [-0.3, -0.25) is 9.59 Å². The Kier molecular flexibility index (Phi) is 4.24. The minimum absolute atomic E-state index is 0.0163. The Balaban J connectivity index is 1.77. The molecule has 1 aliphatic heterocycles. The first-order valence-electron chi connectivity index (χ1n) is 7.73. The molecular weight excluding hydrogens is 278 g/mol. The summed E-state index contributed by atoms with van der Waals surface area (Å²) in [7, 11) is 0. The lowest BCUT2D eigenvalue weighted by Gasteiger charge is -2.30. The van der Waals surface area contributed by atoms with Gasteiger partial charge in [0.05, 0.1) is 5.52 Å². The number of aromatic nitrogens is 1. The van der Waals surface area contributed by atoms with Gasteiger partial charge in [0.2, 0.25) is 5.91 Å². The highest BCUT2D eigenvalue weighted by Crippen LogP contribution is 2.12. The lowest BCUT2D eigenvalue weighted by atomic mass is 9.95. The van der Waals surface area contributed by atoms with E-state index in [-0.39, 0.29) is 23.9 Å². The molecule has 0 spiro atoms. The third-order valence-electron chi connectivity index (χ3n) is 4.37. The van der Waals surface area contributed by atoms with Crippen molar-refractivity contribution < 1.29 is 4.79 Å². The molecule has 2 aromatic rings. The normalized spacial score (nSPS) is 21.7. The summed E-state index contributed by atoms with van der Waals surface area (Å²) in [5.74, 6) is 0.463. The van der Waals surface area contributed by atoms with Crippen molar-refractivity contribution in [3.63, 3.8) is 0 Å². The maximum atomic E-state index is 12.3. The molecule has 2 N–H and O–H groups in total. The molecule has 0 bridgehead atoms. The molecule has 1 fully saturated rings. The van der Waals surface area contributed by atoms with Crippen LogP contribution in [-0.4, -0.2) is 29.6 Å². The van der Waals surface area contributed by atoms with Crippen LogP contribution in [0.5, 0.6) is 0 Å². The molecule has 2 atom stereocenters. The second kappa shape index (κ2) is 6.32. The van der Waals surface area contributed by atoms with Gasteiger partial charge in [-0.2, -0.15) is 0 Å². The fourth-order valence-corrected chi connectivity index (χ4v) is 2.99. The molecule has 5 heteroatoms. The number of carbonyl (C=O) groups is 1. The predicted molar refractivity (Wildman–Crippen MR) is 86.8 cm³/mol. The fourth-order valence-electron chi connectivity index (χ4n) is 2.99. The topological polar surface area (TPSA) is 63.1 Å². The minimum Gasteiger partial charge on any atom is -0.350 e. The van der Waals surface area contributed by atoms with E-state index in [0.29, 0.717) is 11.3 Å². The Bertz CT molecular complexity index is 738. The molecule has 1 aromatic heterocycles. The first kappa shape index (κ1) is 14.8. The van der Waals surface area contributed by atoms with Crippen LogP contribution in [-0.2, 0) is 11.3 Å². The molecule has 116 valence electrons. The Hall–Kier alpha value is -2.14. The van der Waals surface area contributed by atoms with Gasteiger partial charge in [0.25, 0.3) is 0 Å². The van der Waals surface area contributed by atoms with Crippen molar-refractivity contribution in [1.82, 2.24) is 15.2 Å². The van der Waals surface area contributed by atoms with Crippen LogP contribution in [0.3, 0.4) is 0 Å². The molecule has 1 saturated heterocycles. The van der Waals surface area contributed by atoms with E-state index < -0.39 is 0 Å². The molecule has 22 heavy (non-hydrogen) atoms. The molecule has 0 radical (unpaired) electrons. The Morgan fingerprint density at radius 2 is 2.18 bits per heavy atom. The van der Waals surface area contributed by atoms with Crippen molar-refractivity contribution in [3.8, 4) is 0 Å². The number of pyridine rings is 1. The van der Waals surface area contributed by atoms with E-state index in [9.17, 15) is 9.59 Å². The van der Waals surface area contributed by atoms with Crippen molar-refractivity contribution in [1.29, 1.82) is 0 Å². The number of para-hydroxylation sites is 1. The van der Waals surface area contributed by atoms with Gasteiger partial charge in [-0.1, -0.05) is 19.1 Å². The number of piperidine rings is 1. The number of amides is 1. The van der Waals surface area contributed by atoms with Crippen molar-refractivity contribution >= 4 is 16.8 Å². The highest BCUT2D eigenvalue weighted by Gasteiger charge is 2.22. The van der Waals surface area contributed by atoms with Crippen molar-refractivity contribution in [2.75, 3.05) is 13.1 Å². The SMILES string of the molecule is CC1CCNCC1NC(=O)Cn1ccc(=O)c2ccccc21. The summed E-state index contributed by atoms with van der Waals surface area (Å²) in [5, 5.41) is 7.05. The van der Waals surface area contributed by atoms with Crippen LogP contribution in [0.25, 0.3) is 10.9 Å². The monoisotopic (exact) mass is 299 g/mol. The zero-order valence-electron chi connectivity index (χ0n) is 12.7. The molecule has 2 unspecified atom stereocenters. The summed E-state index contributed by atoms with van der Waals surface area (Å²) >= 11 is 0. The van der Waals surface area contributed by atoms with E-state index >= 15 is 0 Å². The predicted octanol–water partition coefficient (Wildman–Crippen LogP) is 1.12. The Morgan fingerprint density at radius 3 is 3.00 bits per heavy atom. The van der Waals surface area contributed by atoms with Crippen LogP contribution in [0, 0.1) is 5.92 Å². The smallest absolute Gasteiger partial charge is 0.240 e. The first-order chi connectivity index (χ1) is 10.6. The van der Waals surface area contributed by atoms with Gasteiger partial charge in [-0.25, -0.2) is 0 Å². The first-order valence-corrected chi connectivity index (χ1v) is 7.73. The third-order valence-corrected chi connectivity index (χ3v) is 4.37. The van der Waals surface area contributed by atoms with E-state index in [4.69, 9.17) is 0 Å². The summed E-state index contributed by atoms with van der Waals surface area (Å²) in [4.78, 5) is 24.2. The van der Waals surface area contributed by atoms with E-state index in [2.05, 4.69) is 17.6 Å². The lowest BCUT2D eigenvalue weighted by Crippen LogP contribution is -2.50. The van der Waals surface area contributed by atoms with Crippen LogP contribution >= 0.6 is 0 Å².